The first kappa shape index (κ1) is 14.9. The molecule has 0 aliphatic carbocycles. The standard InChI is InChI=1S/C11H10ClFN2O4S/c1-6-11(17)14-9(16)5-15(6)20(18,19)8-4-2-3-7(12)10(8)13/h2-4,6H,5H2,1H3,(H,14,16,17). The fourth-order valence-corrected chi connectivity index (χ4v) is 3.66. The van der Waals surface area contributed by atoms with E-state index in [1.54, 1.807) is 0 Å². The highest BCUT2D eigenvalue weighted by Crippen LogP contribution is 2.26. The summed E-state index contributed by atoms with van der Waals surface area (Å²) in [5, 5.41) is 1.65. The average Bonchev–Trinajstić information content (AvgIpc) is 2.36. The van der Waals surface area contributed by atoms with Gasteiger partial charge in [-0.05, 0) is 19.1 Å². The van der Waals surface area contributed by atoms with Crippen molar-refractivity contribution >= 4 is 33.4 Å². The van der Waals surface area contributed by atoms with E-state index in [1.807, 2.05) is 5.32 Å². The zero-order valence-electron chi connectivity index (χ0n) is 10.3. The molecule has 1 saturated heterocycles. The molecule has 0 aromatic heterocycles. The Labute approximate surface area is 119 Å². The summed E-state index contributed by atoms with van der Waals surface area (Å²) in [5.74, 6) is -2.63. The van der Waals surface area contributed by atoms with Crippen LogP contribution in [-0.4, -0.2) is 37.1 Å². The van der Waals surface area contributed by atoms with E-state index in [4.69, 9.17) is 11.6 Å². The van der Waals surface area contributed by atoms with Crippen molar-refractivity contribution in [2.24, 2.45) is 0 Å². The van der Waals surface area contributed by atoms with Gasteiger partial charge in [-0.3, -0.25) is 14.9 Å². The van der Waals surface area contributed by atoms with E-state index in [0.717, 1.165) is 6.07 Å². The third-order valence-electron chi connectivity index (χ3n) is 2.88. The van der Waals surface area contributed by atoms with Crippen molar-refractivity contribution in [2.75, 3.05) is 6.54 Å². The lowest BCUT2D eigenvalue weighted by atomic mass is 10.2. The number of rotatable bonds is 2. The summed E-state index contributed by atoms with van der Waals surface area (Å²) in [4.78, 5) is 22.1. The van der Waals surface area contributed by atoms with E-state index in [-0.39, 0.29) is 5.02 Å². The van der Waals surface area contributed by atoms with Gasteiger partial charge in [0.2, 0.25) is 21.8 Å². The Kier molecular flexibility index (Phi) is 3.81. The molecule has 1 aliphatic rings. The van der Waals surface area contributed by atoms with Crippen LogP contribution in [0.5, 0.6) is 0 Å². The summed E-state index contributed by atoms with van der Waals surface area (Å²) in [7, 11) is -4.34. The second-order valence-electron chi connectivity index (χ2n) is 4.19. The van der Waals surface area contributed by atoms with Crippen molar-refractivity contribution in [3.8, 4) is 0 Å². The van der Waals surface area contributed by atoms with Crippen molar-refractivity contribution in [3.63, 3.8) is 0 Å². The number of hydrogen-bond donors (Lipinski definition) is 1. The molecule has 1 aromatic carbocycles. The van der Waals surface area contributed by atoms with Gasteiger partial charge in [0, 0.05) is 0 Å². The number of sulfonamides is 1. The molecule has 0 saturated carbocycles. The quantitative estimate of drug-likeness (QED) is 0.805. The Bertz CT molecular complexity index is 692. The van der Waals surface area contributed by atoms with Crippen LogP contribution in [-0.2, 0) is 19.6 Å². The first-order valence-corrected chi connectivity index (χ1v) is 7.36. The largest absolute Gasteiger partial charge is 0.294 e. The normalized spacial score (nSPS) is 20.9. The van der Waals surface area contributed by atoms with Crippen LogP contribution in [0.2, 0.25) is 5.02 Å². The predicted octanol–water partition coefficient (Wildman–Crippen LogP) is 0.515. The summed E-state index contributed by atoms with van der Waals surface area (Å²) in [6.07, 6.45) is 0. The Morgan fingerprint density at radius 2 is 2.05 bits per heavy atom. The van der Waals surface area contributed by atoms with Crippen LogP contribution in [0.3, 0.4) is 0 Å². The lowest BCUT2D eigenvalue weighted by molar-refractivity contribution is -0.136. The number of carbonyl (C=O) groups is 2. The SMILES string of the molecule is CC1C(=O)NC(=O)CN1S(=O)(=O)c1cccc(Cl)c1F. The maximum atomic E-state index is 13.9. The summed E-state index contributed by atoms with van der Waals surface area (Å²) in [6.45, 7) is 0.753. The molecule has 1 unspecified atom stereocenters. The first-order valence-electron chi connectivity index (χ1n) is 5.54. The molecule has 9 heteroatoms. The number of piperazine rings is 1. The predicted molar refractivity (Wildman–Crippen MR) is 67.9 cm³/mol. The van der Waals surface area contributed by atoms with Gasteiger partial charge >= 0.3 is 0 Å². The smallest absolute Gasteiger partial charge is 0.247 e. The molecule has 108 valence electrons. The molecule has 1 heterocycles. The summed E-state index contributed by atoms with van der Waals surface area (Å²) >= 11 is 5.55. The zero-order valence-corrected chi connectivity index (χ0v) is 11.8. The van der Waals surface area contributed by atoms with E-state index >= 15 is 0 Å². The molecule has 1 atom stereocenters. The van der Waals surface area contributed by atoms with E-state index in [1.165, 1.54) is 19.1 Å². The molecule has 1 aromatic rings. The second-order valence-corrected chi connectivity index (χ2v) is 6.46. The minimum Gasteiger partial charge on any atom is -0.294 e. The van der Waals surface area contributed by atoms with Gasteiger partial charge in [-0.25, -0.2) is 12.8 Å². The zero-order chi connectivity index (χ0) is 15.1. The molecule has 0 radical (unpaired) electrons. The highest BCUT2D eigenvalue weighted by atomic mass is 35.5. The van der Waals surface area contributed by atoms with Crippen LogP contribution in [0.15, 0.2) is 23.1 Å². The summed E-state index contributed by atoms with van der Waals surface area (Å²) in [5.41, 5.74) is 0. The van der Waals surface area contributed by atoms with Crippen LogP contribution in [0, 0.1) is 5.82 Å². The Balaban J connectivity index is 2.52. The van der Waals surface area contributed by atoms with Gasteiger partial charge < -0.3 is 0 Å². The second kappa shape index (κ2) is 5.12. The lowest BCUT2D eigenvalue weighted by Crippen LogP contribution is -2.58. The van der Waals surface area contributed by atoms with Crippen molar-refractivity contribution in [1.82, 2.24) is 9.62 Å². The number of nitrogens with zero attached hydrogens (tertiary/aromatic N) is 1. The molecule has 1 fully saturated rings. The monoisotopic (exact) mass is 320 g/mol. The fourth-order valence-electron chi connectivity index (χ4n) is 1.79. The van der Waals surface area contributed by atoms with Crippen LogP contribution in [0.25, 0.3) is 0 Å². The maximum Gasteiger partial charge on any atom is 0.247 e. The minimum absolute atomic E-state index is 0.355. The number of carbonyl (C=O) groups excluding carboxylic acids is 2. The van der Waals surface area contributed by atoms with E-state index < -0.39 is 45.1 Å². The van der Waals surface area contributed by atoms with Crippen molar-refractivity contribution < 1.29 is 22.4 Å². The molecule has 0 spiro atoms. The highest BCUT2D eigenvalue weighted by Gasteiger charge is 2.40. The van der Waals surface area contributed by atoms with Crippen molar-refractivity contribution in [3.05, 3.63) is 29.0 Å². The van der Waals surface area contributed by atoms with Crippen LogP contribution < -0.4 is 5.32 Å². The molecule has 1 N–H and O–H groups in total. The van der Waals surface area contributed by atoms with Gasteiger partial charge in [0.1, 0.15) is 10.9 Å². The number of amides is 2. The fraction of sp³-hybridized carbons (Fsp3) is 0.273. The third kappa shape index (κ3) is 2.41. The third-order valence-corrected chi connectivity index (χ3v) is 5.10. The van der Waals surface area contributed by atoms with E-state index in [2.05, 4.69) is 0 Å². The number of hydrogen-bond acceptors (Lipinski definition) is 4. The minimum atomic E-state index is -4.34. The summed E-state index contributed by atoms with van der Waals surface area (Å²) in [6, 6.07) is 2.39. The van der Waals surface area contributed by atoms with Crippen LogP contribution in [0.4, 0.5) is 4.39 Å². The molecule has 1 aliphatic heterocycles. The Hall–Kier alpha value is -1.51. The van der Waals surface area contributed by atoms with Gasteiger partial charge in [0.15, 0.2) is 5.82 Å². The first-order chi connectivity index (χ1) is 9.25. The topological polar surface area (TPSA) is 83.6 Å². The van der Waals surface area contributed by atoms with E-state index in [9.17, 15) is 22.4 Å². The number of halogens is 2. The molecule has 0 bridgehead atoms. The molecule has 20 heavy (non-hydrogen) atoms. The average molecular weight is 321 g/mol. The molecule has 2 amide bonds. The van der Waals surface area contributed by atoms with Crippen LogP contribution in [0.1, 0.15) is 6.92 Å². The highest BCUT2D eigenvalue weighted by molar-refractivity contribution is 7.89. The summed E-state index contributed by atoms with van der Waals surface area (Å²) < 4.78 is 39.2. The molecular weight excluding hydrogens is 311 g/mol. The van der Waals surface area contributed by atoms with Gasteiger partial charge in [-0.15, -0.1) is 0 Å². The molecular formula is C11H10ClFN2O4S. The number of imide groups is 1. The van der Waals surface area contributed by atoms with Crippen LogP contribution >= 0.6 is 11.6 Å². The Morgan fingerprint density at radius 3 is 2.70 bits per heavy atom. The van der Waals surface area contributed by atoms with E-state index in [0.29, 0.717) is 4.31 Å². The molecule has 2 rings (SSSR count). The number of nitrogens with one attached hydrogen (secondary N) is 1. The lowest BCUT2D eigenvalue weighted by Gasteiger charge is -2.30. The van der Waals surface area contributed by atoms with Crippen molar-refractivity contribution in [2.45, 2.75) is 17.9 Å². The van der Waals surface area contributed by atoms with Gasteiger partial charge in [0.25, 0.3) is 0 Å². The van der Waals surface area contributed by atoms with Gasteiger partial charge in [0.05, 0.1) is 11.6 Å². The number of benzene rings is 1. The van der Waals surface area contributed by atoms with Gasteiger partial charge in [-0.1, -0.05) is 17.7 Å². The molecule has 6 nitrogen and oxygen atoms in total. The Morgan fingerprint density at radius 1 is 1.40 bits per heavy atom. The maximum absolute atomic E-state index is 13.9. The van der Waals surface area contributed by atoms with Crippen molar-refractivity contribution in [1.29, 1.82) is 0 Å². The van der Waals surface area contributed by atoms with Gasteiger partial charge in [-0.2, -0.15) is 4.31 Å².